The summed E-state index contributed by atoms with van der Waals surface area (Å²) < 4.78 is 0. The van der Waals surface area contributed by atoms with Gasteiger partial charge in [-0.2, -0.15) is 0 Å². The quantitative estimate of drug-likeness (QED) is 0.771. The van der Waals surface area contributed by atoms with Gasteiger partial charge in [0.05, 0.1) is 0 Å². The van der Waals surface area contributed by atoms with Crippen molar-refractivity contribution in [3.8, 4) is 0 Å². The zero-order chi connectivity index (χ0) is 15.5. The van der Waals surface area contributed by atoms with E-state index in [2.05, 4.69) is 29.4 Å². The van der Waals surface area contributed by atoms with Gasteiger partial charge in [-0.15, -0.1) is 24.8 Å². The van der Waals surface area contributed by atoms with Gasteiger partial charge in [-0.3, -0.25) is 9.69 Å². The average molecular weight is 380 g/mol. The summed E-state index contributed by atoms with van der Waals surface area (Å²) in [6.07, 6.45) is 8.36. The number of rotatable bonds is 5. The van der Waals surface area contributed by atoms with Crippen LogP contribution >= 0.6 is 24.8 Å². The van der Waals surface area contributed by atoms with Crippen LogP contribution in [0.3, 0.4) is 0 Å². The number of carbonyl (C=O) groups excluding carboxylic acids is 1. The van der Waals surface area contributed by atoms with Crippen LogP contribution in [0.1, 0.15) is 58.8 Å². The molecule has 4 nitrogen and oxygen atoms in total. The highest BCUT2D eigenvalue weighted by Gasteiger charge is 2.34. The van der Waals surface area contributed by atoms with Crippen LogP contribution in [0.2, 0.25) is 0 Å². The zero-order valence-corrected chi connectivity index (χ0v) is 16.8. The zero-order valence-electron chi connectivity index (χ0n) is 15.1. The molecule has 0 aliphatic carbocycles. The Balaban J connectivity index is 0.00000144. The number of nitrogens with one attached hydrogen (secondary N) is 2. The molecule has 3 fully saturated rings. The van der Waals surface area contributed by atoms with E-state index < -0.39 is 0 Å². The SMILES string of the molecule is CC1CCN(C(C)CNC(=O)CC2CC3CCC(C2)N3)CC1.Cl.Cl. The summed E-state index contributed by atoms with van der Waals surface area (Å²) in [6.45, 7) is 7.79. The minimum atomic E-state index is 0. The van der Waals surface area contributed by atoms with Crippen molar-refractivity contribution in [2.24, 2.45) is 11.8 Å². The van der Waals surface area contributed by atoms with Crippen molar-refractivity contribution in [2.75, 3.05) is 19.6 Å². The van der Waals surface area contributed by atoms with Crippen LogP contribution < -0.4 is 10.6 Å². The molecule has 0 saturated carbocycles. The van der Waals surface area contributed by atoms with Gasteiger partial charge in [0, 0.05) is 31.1 Å². The number of fused-ring (bicyclic) bond motifs is 2. The monoisotopic (exact) mass is 379 g/mol. The topological polar surface area (TPSA) is 44.4 Å². The van der Waals surface area contributed by atoms with E-state index in [1.54, 1.807) is 0 Å². The molecular weight excluding hydrogens is 345 g/mol. The number of halogens is 2. The van der Waals surface area contributed by atoms with Crippen LogP contribution in [0.25, 0.3) is 0 Å². The van der Waals surface area contributed by atoms with E-state index in [4.69, 9.17) is 0 Å². The summed E-state index contributed by atoms with van der Waals surface area (Å²) in [5.74, 6) is 1.74. The summed E-state index contributed by atoms with van der Waals surface area (Å²) in [6, 6.07) is 1.84. The Morgan fingerprint density at radius 1 is 1.12 bits per heavy atom. The lowest BCUT2D eigenvalue weighted by atomic mass is 9.89. The van der Waals surface area contributed by atoms with E-state index in [9.17, 15) is 4.79 Å². The molecule has 3 saturated heterocycles. The van der Waals surface area contributed by atoms with Crippen LogP contribution in [-0.4, -0.2) is 48.6 Å². The number of likely N-dealkylation sites (tertiary alicyclic amines) is 1. The van der Waals surface area contributed by atoms with Gasteiger partial charge in [-0.1, -0.05) is 6.92 Å². The number of nitrogens with zero attached hydrogens (tertiary/aromatic N) is 1. The summed E-state index contributed by atoms with van der Waals surface area (Å²) in [7, 11) is 0. The maximum atomic E-state index is 12.2. The van der Waals surface area contributed by atoms with E-state index in [-0.39, 0.29) is 30.7 Å². The second-order valence-electron chi connectivity index (χ2n) is 8.05. The van der Waals surface area contributed by atoms with Gasteiger partial charge >= 0.3 is 0 Å². The van der Waals surface area contributed by atoms with E-state index in [0.29, 0.717) is 24.0 Å². The van der Waals surface area contributed by atoms with Crippen LogP contribution in [0.5, 0.6) is 0 Å². The van der Waals surface area contributed by atoms with Gasteiger partial charge < -0.3 is 10.6 Å². The normalized spacial score (nSPS) is 31.7. The molecular formula is C18H35Cl2N3O. The molecule has 3 heterocycles. The molecule has 2 bridgehead atoms. The molecule has 0 aromatic rings. The van der Waals surface area contributed by atoms with Crippen molar-refractivity contribution in [3.63, 3.8) is 0 Å². The first kappa shape index (κ1) is 22.0. The first-order valence-electron chi connectivity index (χ1n) is 9.37. The van der Waals surface area contributed by atoms with Crippen molar-refractivity contribution in [1.29, 1.82) is 0 Å². The molecule has 3 rings (SSSR count). The largest absolute Gasteiger partial charge is 0.355 e. The van der Waals surface area contributed by atoms with Crippen molar-refractivity contribution >= 4 is 30.7 Å². The Bertz CT molecular complexity index is 376. The molecule has 6 heteroatoms. The number of carbonyl (C=O) groups is 1. The molecule has 1 amide bonds. The van der Waals surface area contributed by atoms with Crippen molar-refractivity contribution in [2.45, 2.75) is 76.9 Å². The second-order valence-corrected chi connectivity index (χ2v) is 8.05. The molecule has 0 aromatic heterocycles. The first-order chi connectivity index (χ1) is 10.6. The summed E-state index contributed by atoms with van der Waals surface area (Å²) in [5, 5.41) is 6.84. The third-order valence-corrected chi connectivity index (χ3v) is 6.08. The number of amides is 1. The maximum absolute atomic E-state index is 12.2. The molecule has 0 aromatic carbocycles. The van der Waals surface area contributed by atoms with E-state index in [1.165, 1.54) is 51.6 Å². The van der Waals surface area contributed by atoms with Crippen molar-refractivity contribution in [1.82, 2.24) is 15.5 Å². The minimum Gasteiger partial charge on any atom is -0.355 e. The highest BCUT2D eigenvalue weighted by atomic mass is 35.5. The third-order valence-electron chi connectivity index (χ3n) is 6.08. The molecule has 2 N–H and O–H groups in total. The Hall–Kier alpha value is -0.0300. The predicted octanol–water partition coefficient (Wildman–Crippen LogP) is 2.99. The second kappa shape index (κ2) is 10.2. The Morgan fingerprint density at radius 2 is 1.71 bits per heavy atom. The van der Waals surface area contributed by atoms with Crippen LogP contribution in [0.4, 0.5) is 0 Å². The fraction of sp³-hybridized carbons (Fsp3) is 0.944. The number of hydrogen-bond donors (Lipinski definition) is 2. The van der Waals surface area contributed by atoms with E-state index >= 15 is 0 Å². The van der Waals surface area contributed by atoms with E-state index in [0.717, 1.165) is 18.9 Å². The molecule has 0 spiro atoms. The van der Waals surface area contributed by atoms with Gasteiger partial charge in [-0.05, 0) is 70.4 Å². The highest BCUT2D eigenvalue weighted by molar-refractivity contribution is 5.85. The van der Waals surface area contributed by atoms with Gasteiger partial charge in [0.2, 0.25) is 5.91 Å². The Morgan fingerprint density at radius 3 is 2.29 bits per heavy atom. The lowest BCUT2D eigenvalue weighted by Gasteiger charge is -2.35. The van der Waals surface area contributed by atoms with Crippen LogP contribution in [0, 0.1) is 11.8 Å². The van der Waals surface area contributed by atoms with Crippen molar-refractivity contribution < 1.29 is 4.79 Å². The van der Waals surface area contributed by atoms with Gasteiger partial charge in [0.25, 0.3) is 0 Å². The van der Waals surface area contributed by atoms with Crippen molar-refractivity contribution in [3.05, 3.63) is 0 Å². The lowest BCUT2D eigenvalue weighted by Crippen LogP contribution is -2.46. The summed E-state index contributed by atoms with van der Waals surface area (Å²) in [4.78, 5) is 14.8. The van der Waals surface area contributed by atoms with E-state index in [1.807, 2.05) is 0 Å². The minimum absolute atomic E-state index is 0. The highest BCUT2D eigenvalue weighted by Crippen LogP contribution is 2.32. The maximum Gasteiger partial charge on any atom is 0.220 e. The van der Waals surface area contributed by atoms with Gasteiger partial charge in [-0.25, -0.2) is 0 Å². The first-order valence-corrected chi connectivity index (χ1v) is 9.37. The molecule has 142 valence electrons. The van der Waals surface area contributed by atoms with Crippen LogP contribution in [-0.2, 0) is 4.79 Å². The van der Waals surface area contributed by atoms with Crippen LogP contribution in [0.15, 0.2) is 0 Å². The van der Waals surface area contributed by atoms with Gasteiger partial charge in [0.1, 0.15) is 0 Å². The molecule has 0 radical (unpaired) electrons. The molecule has 24 heavy (non-hydrogen) atoms. The predicted molar refractivity (Wildman–Crippen MR) is 104 cm³/mol. The number of hydrogen-bond acceptors (Lipinski definition) is 3. The smallest absolute Gasteiger partial charge is 0.220 e. The molecule has 3 atom stereocenters. The fourth-order valence-corrected chi connectivity index (χ4v) is 4.54. The average Bonchev–Trinajstić information content (AvgIpc) is 2.84. The summed E-state index contributed by atoms with van der Waals surface area (Å²) >= 11 is 0. The lowest BCUT2D eigenvalue weighted by molar-refractivity contribution is -0.122. The third kappa shape index (κ3) is 6.05. The number of piperidine rings is 2. The van der Waals surface area contributed by atoms with Gasteiger partial charge in [0.15, 0.2) is 0 Å². The fourth-order valence-electron chi connectivity index (χ4n) is 4.54. The molecule has 3 aliphatic heterocycles. The standard InChI is InChI=1S/C18H33N3O.2ClH/c1-13-5-7-21(8-6-13)14(2)12-19-18(22)11-15-9-16-3-4-17(10-15)20-16;;/h13-17,20H,3-12H2,1-2H3,(H,19,22);2*1H. The Kier molecular flexibility index (Phi) is 9.35. The molecule has 3 unspecified atom stereocenters. The Labute approximate surface area is 159 Å². The molecule has 3 aliphatic rings. The summed E-state index contributed by atoms with van der Waals surface area (Å²) in [5.41, 5.74) is 0.